The fourth-order valence-electron chi connectivity index (χ4n) is 5.60. The third-order valence-electron chi connectivity index (χ3n) is 8.76. The number of nitrogens with one attached hydrogen (secondary N) is 3. The number of alkyl halides is 3. The number of hydrazine groups is 1. The van der Waals surface area contributed by atoms with Gasteiger partial charge in [-0.15, -0.1) is 0 Å². The number of amides is 3. The molecular formula is C36H44Cl3N5O6. The monoisotopic (exact) mass is 747 g/mol. The van der Waals surface area contributed by atoms with Gasteiger partial charge in [-0.05, 0) is 81.2 Å². The molecule has 0 radical (unpaired) electrons. The second-order valence-electron chi connectivity index (χ2n) is 13.5. The lowest BCUT2D eigenvalue weighted by Crippen LogP contribution is -2.61. The van der Waals surface area contributed by atoms with E-state index in [-0.39, 0.29) is 11.8 Å². The summed E-state index contributed by atoms with van der Waals surface area (Å²) in [6, 6.07) is 12.5. The van der Waals surface area contributed by atoms with Crippen molar-refractivity contribution in [2.75, 3.05) is 13.2 Å². The first kappa shape index (κ1) is 39.3. The number of aliphatic hydroxyl groups excluding tert-OH is 1. The Bertz CT molecular complexity index is 1730. The Labute approximate surface area is 307 Å². The molecule has 270 valence electrons. The molecule has 4 rings (SSSR count). The largest absolute Gasteiger partial charge is 0.460 e. The van der Waals surface area contributed by atoms with E-state index < -0.39 is 57.8 Å². The van der Waals surface area contributed by atoms with Gasteiger partial charge in [0, 0.05) is 23.7 Å². The lowest BCUT2D eigenvalue weighted by molar-refractivity contribution is -0.152. The summed E-state index contributed by atoms with van der Waals surface area (Å²) in [7, 11) is 0. The molecule has 3 aromatic rings. The van der Waals surface area contributed by atoms with Crippen LogP contribution in [-0.4, -0.2) is 73.9 Å². The van der Waals surface area contributed by atoms with E-state index in [0.717, 1.165) is 27.5 Å². The molecule has 1 aromatic heterocycles. The Hall–Kier alpha value is -3.48. The highest BCUT2D eigenvalue weighted by Gasteiger charge is 2.37. The van der Waals surface area contributed by atoms with Crippen LogP contribution in [0.15, 0.2) is 54.7 Å². The first-order valence-corrected chi connectivity index (χ1v) is 17.6. The first-order valence-electron chi connectivity index (χ1n) is 16.5. The van der Waals surface area contributed by atoms with Gasteiger partial charge in [-0.1, -0.05) is 79.0 Å². The number of aliphatic hydroxyl groups is 1. The van der Waals surface area contributed by atoms with Crippen LogP contribution in [0.2, 0.25) is 0 Å². The quantitative estimate of drug-likeness (QED) is 0.153. The molecule has 0 spiro atoms. The summed E-state index contributed by atoms with van der Waals surface area (Å²) in [4.78, 5) is 57.7. The number of nitrogens with zero attached hydrogens (tertiary/aromatic N) is 2. The van der Waals surface area contributed by atoms with E-state index in [0.29, 0.717) is 25.1 Å². The summed E-state index contributed by atoms with van der Waals surface area (Å²) in [5.41, 5.74) is 4.85. The smallest absolute Gasteiger partial charge is 0.325 e. The zero-order valence-electron chi connectivity index (χ0n) is 28.9. The van der Waals surface area contributed by atoms with Crippen LogP contribution in [0.5, 0.6) is 0 Å². The minimum absolute atomic E-state index is 0.304. The third kappa shape index (κ3) is 9.85. The van der Waals surface area contributed by atoms with E-state index in [9.17, 15) is 24.3 Å². The van der Waals surface area contributed by atoms with Crippen LogP contribution in [0.1, 0.15) is 71.6 Å². The number of rotatable bonds is 11. The van der Waals surface area contributed by atoms with Gasteiger partial charge in [-0.3, -0.25) is 29.2 Å². The molecule has 11 nitrogen and oxygen atoms in total. The number of fused-ring (bicyclic) bond motifs is 1. The maximum absolute atomic E-state index is 13.8. The molecule has 4 N–H and O–H groups in total. The molecular weight excluding hydrogens is 705 g/mol. The Kier molecular flexibility index (Phi) is 12.8. The second-order valence-corrected chi connectivity index (χ2v) is 16.0. The highest BCUT2D eigenvalue weighted by Crippen LogP contribution is 2.30. The van der Waals surface area contributed by atoms with Crippen molar-refractivity contribution in [3.8, 4) is 11.3 Å². The van der Waals surface area contributed by atoms with Gasteiger partial charge in [0.2, 0.25) is 15.6 Å². The molecule has 1 aliphatic rings. The van der Waals surface area contributed by atoms with Crippen LogP contribution in [-0.2, 0) is 29.3 Å². The summed E-state index contributed by atoms with van der Waals surface area (Å²) in [5.74, 6) is -2.33. The SMILES string of the molecule is CC(C)[C@H](NC(=O)C(C)(C)c1cccc(-c2cc3cc([C@@H](C)O)ccc3cn2)c1)C(=O)N[C@@H](C)C(=O)N1CCC[C@@H](C(=O)OCC(Cl)(Cl)Cl)N1. The minimum Gasteiger partial charge on any atom is -0.460 e. The minimum atomic E-state index is -1.76. The average Bonchev–Trinajstić information content (AvgIpc) is 3.07. The van der Waals surface area contributed by atoms with Gasteiger partial charge >= 0.3 is 5.97 Å². The van der Waals surface area contributed by atoms with Crippen molar-refractivity contribution in [3.05, 3.63) is 65.9 Å². The van der Waals surface area contributed by atoms with Crippen molar-refractivity contribution in [2.45, 2.75) is 87.8 Å². The van der Waals surface area contributed by atoms with Gasteiger partial charge in [-0.2, -0.15) is 0 Å². The summed E-state index contributed by atoms with van der Waals surface area (Å²) < 4.78 is 3.29. The van der Waals surface area contributed by atoms with E-state index in [1.807, 2.05) is 48.5 Å². The molecule has 0 aliphatic carbocycles. The number of ether oxygens (including phenoxy) is 1. The van der Waals surface area contributed by atoms with Gasteiger partial charge in [0.1, 0.15) is 24.7 Å². The van der Waals surface area contributed by atoms with E-state index in [4.69, 9.17) is 39.5 Å². The lowest BCUT2D eigenvalue weighted by atomic mass is 9.82. The highest BCUT2D eigenvalue weighted by atomic mass is 35.6. The molecule has 3 amide bonds. The van der Waals surface area contributed by atoms with Crippen molar-refractivity contribution in [2.24, 2.45) is 5.92 Å². The maximum atomic E-state index is 13.8. The normalized spacial score (nSPS) is 17.2. The van der Waals surface area contributed by atoms with Gasteiger partial charge < -0.3 is 20.5 Å². The number of esters is 1. The number of hydrogen-bond acceptors (Lipinski definition) is 8. The number of aromatic nitrogens is 1. The highest BCUT2D eigenvalue weighted by molar-refractivity contribution is 6.67. The van der Waals surface area contributed by atoms with Gasteiger partial charge in [0.05, 0.1) is 17.2 Å². The molecule has 1 saturated heterocycles. The van der Waals surface area contributed by atoms with Crippen LogP contribution >= 0.6 is 34.8 Å². The van der Waals surface area contributed by atoms with E-state index in [1.165, 1.54) is 11.9 Å². The zero-order chi connectivity index (χ0) is 37.0. The zero-order valence-corrected chi connectivity index (χ0v) is 31.2. The molecule has 0 saturated carbocycles. The van der Waals surface area contributed by atoms with E-state index in [2.05, 4.69) is 21.0 Å². The fraction of sp³-hybridized carbons (Fsp3) is 0.472. The van der Waals surface area contributed by atoms with Crippen LogP contribution in [0.4, 0.5) is 0 Å². The predicted molar refractivity (Wildman–Crippen MR) is 194 cm³/mol. The molecule has 4 atom stereocenters. The van der Waals surface area contributed by atoms with Gasteiger partial charge in [0.15, 0.2) is 0 Å². The number of carbonyl (C=O) groups is 4. The predicted octanol–water partition coefficient (Wildman–Crippen LogP) is 5.29. The first-order chi connectivity index (χ1) is 23.4. The van der Waals surface area contributed by atoms with Crippen LogP contribution < -0.4 is 16.1 Å². The topological polar surface area (TPSA) is 150 Å². The average molecular weight is 749 g/mol. The van der Waals surface area contributed by atoms with E-state index in [1.54, 1.807) is 40.8 Å². The lowest BCUT2D eigenvalue weighted by Gasteiger charge is -2.35. The number of benzene rings is 2. The molecule has 14 heteroatoms. The Balaban J connectivity index is 1.42. The molecule has 50 heavy (non-hydrogen) atoms. The fourth-order valence-corrected chi connectivity index (χ4v) is 5.76. The molecule has 2 aromatic carbocycles. The Morgan fingerprint density at radius 3 is 2.40 bits per heavy atom. The molecule has 1 fully saturated rings. The summed E-state index contributed by atoms with van der Waals surface area (Å²) in [6.07, 6.45) is 2.10. The number of pyridine rings is 1. The summed E-state index contributed by atoms with van der Waals surface area (Å²) >= 11 is 17.0. The van der Waals surface area contributed by atoms with Crippen molar-refractivity contribution in [1.82, 2.24) is 26.1 Å². The summed E-state index contributed by atoms with van der Waals surface area (Å²) in [6.45, 7) is 10.3. The number of hydrogen-bond donors (Lipinski definition) is 4. The summed E-state index contributed by atoms with van der Waals surface area (Å²) in [5, 5.41) is 18.8. The molecule has 0 unspecified atom stereocenters. The molecule has 2 heterocycles. The van der Waals surface area contributed by atoms with Crippen molar-refractivity contribution >= 4 is 69.3 Å². The van der Waals surface area contributed by atoms with Crippen molar-refractivity contribution in [1.29, 1.82) is 0 Å². The van der Waals surface area contributed by atoms with Crippen molar-refractivity contribution in [3.63, 3.8) is 0 Å². The second kappa shape index (κ2) is 16.2. The van der Waals surface area contributed by atoms with Gasteiger partial charge in [0.25, 0.3) is 5.91 Å². The molecule has 1 aliphatic heterocycles. The van der Waals surface area contributed by atoms with Crippen LogP contribution in [0, 0.1) is 5.92 Å². The van der Waals surface area contributed by atoms with Crippen LogP contribution in [0.25, 0.3) is 22.0 Å². The Morgan fingerprint density at radius 1 is 1.02 bits per heavy atom. The van der Waals surface area contributed by atoms with Crippen molar-refractivity contribution < 1.29 is 29.0 Å². The van der Waals surface area contributed by atoms with Gasteiger partial charge in [-0.25, -0.2) is 5.43 Å². The van der Waals surface area contributed by atoms with Crippen LogP contribution in [0.3, 0.4) is 0 Å². The number of carbonyl (C=O) groups excluding carboxylic acids is 4. The van der Waals surface area contributed by atoms with E-state index >= 15 is 0 Å². The third-order valence-corrected chi connectivity index (χ3v) is 9.08. The molecule has 0 bridgehead atoms. The maximum Gasteiger partial charge on any atom is 0.325 e. The standard InChI is InChI=1S/C36H44Cl3N5O6/c1-20(2)30(31(46)41-21(3)32(47)44-14-8-11-28(43-44)33(48)50-19-36(37,38)39)42-34(49)35(5,6)27-10-7-9-24(16-27)29-17-26-15-23(22(4)45)12-13-25(26)18-40-29/h7,9-10,12-13,15-18,20-22,28,30,43,45H,8,11,14,19H2,1-6H3,(H,41,46)(H,42,49)/t21-,22+,28-,30-/m0/s1. The Morgan fingerprint density at radius 2 is 1.74 bits per heavy atom. The number of halogens is 3.